The van der Waals surface area contributed by atoms with Crippen molar-refractivity contribution in [1.82, 2.24) is 15.3 Å². The molecule has 1 rings (SSSR count). The van der Waals surface area contributed by atoms with Crippen LogP contribution in [0.4, 0.5) is 0 Å². The molecule has 1 aromatic heterocycles. The van der Waals surface area contributed by atoms with Gasteiger partial charge in [0.1, 0.15) is 0 Å². The molecular weight excluding hydrogens is 216 g/mol. The number of imidazole rings is 1. The molecule has 5 heteroatoms. The lowest BCUT2D eigenvalue weighted by Gasteiger charge is -2.04. The minimum atomic E-state index is 0.139. The Morgan fingerprint density at radius 1 is 1.35 bits per heavy atom. The number of nitrogens with zero attached hydrogens (tertiary/aromatic N) is 1. The van der Waals surface area contributed by atoms with E-state index in [1.54, 1.807) is 6.33 Å². The largest absolute Gasteiger partial charge is 0.356 e. The molecule has 0 unspecified atom stereocenters. The number of H-pyrrole nitrogens is 1. The molecular formula is C12H22N4O. The first kappa shape index (κ1) is 13.7. The highest BCUT2D eigenvalue weighted by Gasteiger charge is 2.00. The number of nitrogens with two attached hydrogens (primary N) is 1. The fourth-order valence-electron chi connectivity index (χ4n) is 1.61. The number of aromatic amines is 1. The van der Waals surface area contributed by atoms with Gasteiger partial charge in [0.15, 0.2) is 0 Å². The molecule has 0 radical (unpaired) electrons. The van der Waals surface area contributed by atoms with Crippen molar-refractivity contribution in [3.63, 3.8) is 0 Å². The summed E-state index contributed by atoms with van der Waals surface area (Å²) < 4.78 is 0. The molecule has 1 amide bonds. The van der Waals surface area contributed by atoms with E-state index in [0.29, 0.717) is 13.0 Å². The number of carbonyl (C=O) groups excluding carboxylic acids is 1. The molecule has 0 spiro atoms. The normalized spacial score (nSPS) is 10.4. The standard InChI is InChI=1S/C12H22N4O/c13-7-3-1-6-12(17)15-8-4-2-5-11-9-14-10-16-11/h9-10H,1-8,13H2,(H,14,16)(H,15,17). The SMILES string of the molecule is NCCCCC(=O)NCCCCc1cnc[nH]1. The first-order chi connectivity index (χ1) is 8.33. The van der Waals surface area contributed by atoms with E-state index in [4.69, 9.17) is 5.73 Å². The van der Waals surface area contributed by atoms with Crippen molar-refractivity contribution in [2.75, 3.05) is 13.1 Å². The maximum Gasteiger partial charge on any atom is 0.219 e. The van der Waals surface area contributed by atoms with Crippen LogP contribution in [0.3, 0.4) is 0 Å². The van der Waals surface area contributed by atoms with Gasteiger partial charge in [0.05, 0.1) is 6.33 Å². The van der Waals surface area contributed by atoms with Gasteiger partial charge in [-0.15, -0.1) is 0 Å². The van der Waals surface area contributed by atoms with E-state index in [9.17, 15) is 4.79 Å². The summed E-state index contributed by atoms with van der Waals surface area (Å²) in [5.41, 5.74) is 6.51. The maximum absolute atomic E-state index is 11.3. The number of carbonyl (C=O) groups is 1. The molecule has 0 saturated carbocycles. The first-order valence-electron chi connectivity index (χ1n) is 6.27. The molecule has 17 heavy (non-hydrogen) atoms. The third kappa shape index (κ3) is 6.73. The lowest BCUT2D eigenvalue weighted by molar-refractivity contribution is -0.121. The summed E-state index contributed by atoms with van der Waals surface area (Å²) in [7, 11) is 0. The van der Waals surface area contributed by atoms with Gasteiger partial charge in [-0.1, -0.05) is 0 Å². The minimum Gasteiger partial charge on any atom is -0.356 e. The molecule has 0 aliphatic heterocycles. The minimum absolute atomic E-state index is 0.139. The number of rotatable bonds is 9. The number of aromatic nitrogens is 2. The zero-order chi connectivity index (χ0) is 12.3. The number of hydrogen-bond acceptors (Lipinski definition) is 3. The van der Waals surface area contributed by atoms with Gasteiger partial charge < -0.3 is 16.0 Å². The van der Waals surface area contributed by atoms with Gasteiger partial charge in [0.2, 0.25) is 5.91 Å². The highest BCUT2D eigenvalue weighted by Crippen LogP contribution is 1.99. The number of amides is 1. The Kier molecular flexibility index (Phi) is 7.06. The van der Waals surface area contributed by atoms with Gasteiger partial charge in [0.25, 0.3) is 0 Å². The Morgan fingerprint density at radius 2 is 2.24 bits per heavy atom. The van der Waals surface area contributed by atoms with Crippen LogP contribution in [0.1, 0.15) is 37.8 Å². The van der Waals surface area contributed by atoms with Crippen LogP contribution in [0.15, 0.2) is 12.5 Å². The number of hydrogen-bond donors (Lipinski definition) is 3. The monoisotopic (exact) mass is 238 g/mol. The predicted molar refractivity (Wildman–Crippen MR) is 67.4 cm³/mol. The Labute approximate surface area is 102 Å². The van der Waals surface area contributed by atoms with Crippen LogP contribution >= 0.6 is 0 Å². The zero-order valence-electron chi connectivity index (χ0n) is 10.2. The lowest BCUT2D eigenvalue weighted by atomic mass is 10.2. The Morgan fingerprint density at radius 3 is 2.94 bits per heavy atom. The molecule has 0 bridgehead atoms. The van der Waals surface area contributed by atoms with Gasteiger partial charge in [0, 0.05) is 24.9 Å². The predicted octanol–water partition coefficient (Wildman–Crippen LogP) is 0.978. The summed E-state index contributed by atoms with van der Waals surface area (Å²) in [5.74, 6) is 0.139. The van der Waals surface area contributed by atoms with Crippen molar-refractivity contribution in [2.24, 2.45) is 5.73 Å². The summed E-state index contributed by atoms with van der Waals surface area (Å²) in [5, 5.41) is 2.92. The van der Waals surface area contributed by atoms with Gasteiger partial charge in [-0.2, -0.15) is 0 Å². The third-order valence-corrected chi connectivity index (χ3v) is 2.61. The van der Waals surface area contributed by atoms with Crippen LogP contribution < -0.4 is 11.1 Å². The van der Waals surface area contributed by atoms with Gasteiger partial charge in [-0.25, -0.2) is 4.98 Å². The highest BCUT2D eigenvalue weighted by atomic mass is 16.1. The van der Waals surface area contributed by atoms with E-state index in [2.05, 4.69) is 15.3 Å². The molecule has 0 aliphatic rings. The fraction of sp³-hybridized carbons (Fsp3) is 0.667. The van der Waals surface area contributed by atoms with Crippen LogP contribution in [0.5, 0.6) is 0 Å². The lowest BCUT2D eigenvalue weighted by Crippen LogP contribution is -2.24. The molecule has 0 atom stereocenters. The van der Waals surface area contributed by atoms with Crippen molar-refractivity contribution >= 4 is 5.91 Å². The first-order valence-corrected chi connectivity index (χ1v) is 6.27. The topological polar surface area (TPSA) is 83.8 Å². The summed E-state index contributed by atoms with van der Waals surface area (Å²) in [4.78, 5) is 18.4. The van der Waals surface area contributed by atoms with E-state index in [-0.39, 0.29) is 5.91 Å². The summed E-state index contributed by atoms with van der Waals surface area (Å²) in [6, 6.07) is 0. The van der Waals surface area contributed by atoms with Crippen LogP contribution in [0.25, 0.3) is 0 Å². The smallest absolute Gasteiger partial charge is 0.219 e. The van der Waals surface area contributed by atoms with Crippen molar-refractivity contribution in [3.05, 3.63) is 18.2 Å². The molecule has 0 fully saturated rings. The molecule has 5 nitrogen and oxygen atoms in total. The second-order valence-electron chi connectivity index (χ2n) is 4.13. The van der Waals surface area contributed by atoms with E-state index >= 15 is 0 Å². The summed E-state index contributed by atoms with van der Waals surface area (Å²) in [6.07, 6.45) is 8.98. The van der Waals surface area contributed by atoms with E-state index in [1.165, 1.54) is 0 Å². The van der Waals surface area contributed by atoms with Crippen molar-refractivity contribution < 1.29 is 4.79 Å². The Balaban J connectivity index is 1.91. The van der Waals surface area contributed by atoms with Gasteiger partial charge >= 0.3 is 0 Å². The van der Waals surface area contributed by atoms with E-state index in [0.717, 1.165) is 44.3 Å². The van der Waals surface area contributed by atoms with Crippen molar-refractivity contribution in [3.8, 4) is 0 Å². The summed E-state index contributed by atoms with van der Waals surface area (Å²) in [6.45, 7) is 1.42. The zero-order valence-corrected chi connectivity index (χ0v) is 10.2. The average Bonchev–Trinajstić information content (AvgIpc) is 2.82. The second kappa shape index (κ2) is 8.75. The van der Waals surface area contributed by atoms with Crippen LogP contribution in [0.2, 0.25) is 0 Å². The highest BCUT2D eigenvalue weighted by molar-refractivity contribution is 5.75. The van der Waals surface area contributed by atoms with Gasteiger partial charge in [-0.3, -0.25) is 4.79 Å². The number of unbranched alkanes of at least 4 members (excludes halogenated alkanes) is 2. The molecule has 1 aromatic rings. The van der Waals surface area contributed by atoms with Crippen LogP contribution in [0, 0.1) is 0 Å². The Bertz CT molecular complexity index is 297. The van der Waals surface area contributed by atoms with Crippen molar-refractivity contribution in [2.45, 2.75) is 38.5 Å². The van der Waals surface area contributed by atoms with Crippen LogP contribution in [-0.2, 0) is 11.2 Å². The quantitative estimate of drug-likeness (QED) is 0.561. The average molecular weight is 238 g/mol. The maximum atomic E-state index is 11.3. The molecule has 96 valence electrons. The van der Waals surface area contributed by atoms with Crippen molar-refractivity contribution in [1.29, 1.82) is 0 Å². The molecule has 0 saturated heterocycles. The fourth-order valence-corrected chi connectivity index (χ4v) is 1.61. The molecule has 1 heterocycles. The number of nitrogens with one attached hydrogen (secondary N) is 2. The third-order valence-electron chi connectivity index (χ3n) is 2.61. The van der Waals surface area contributed by atoms with E-state index in [1.807, 2.05) is 6.20 Å². The van der Waals surface area contributed by atoms with E-state index < -0.39 is 0 Å². The molecule has 0 aromatic carbocycles. The van der Waals surface area contributed by atoms with Crippen LogP contribution in [-0.4, -0.2) is 29.0 Å². The second-order valence-corrected chi connectivity index (χ2v) is 4.13. The molecule has 4 N–H and O–H groups in total. The van der Waals surface area contributed by atoms with Gasteiger partial charge in [-0.05, 0) is 38.6 Å². The Hall–Kier alpha value is -1.36. The number of aryl methyl sites for hydroxylation is 1. The molecule has 0 aliphatic carbocycles. The summed E-state index contributed by atoms with van der Waals surface area (Å²) >= 11 is 0.